The molecule has 0 spiro atoms. The van der Waals surface area contributed by atoms with Crippen molar-refractivity contribution in [2.24, 2.45) is 0 Å². The number of benzene rings is 1. The number of hydrogen-bond donors (Lipinski definition) is 0. The smallest absolute Gasteiger partial charge is 0.416 e. The molecule has 0 saturated heterocycles. The van der Waals surface area contributed by atoms with Crippen LogP contribution in [0.25, 0.3) is 0 Å². The molecule has 1 atom stereocenters. The minimum atomic E-state index is -4.38. The number of alkyl halides is 3. The van der Waals surface area contributed by atoms with Crippen LogP contribution >= 0.6 is 0 Å². The standard InChI is InChI=1S/C18H27F3O2Si/c1-7-9-16(23-24(5,6)17(2,3)4)13-22-15-11-8-10-14(12-15)18(19,20)21/h7-12,16H,13H2,1-6H3/b9-7+/t16-/m1/s1. The molecule has 1 aromatic carbocycles. The van der Waals surface area contributed by atoms with Crippen LogP contribution in [-0.4, -0.2) is 21.0 Å². The van der Waals surface area contributed by atoms with Gasteiger partial charge in [0.1, 0.15) is 12.4 Å². The third kappa shape index (κ3) is 5.98. The van der Waals surface area contributed by atoms with E-state index in [0.29, 0.717) is 0 Å². The number of allylic oxidation sites excluding steroid dienone is 1. The molecule has 6 heteroatoms. The molecule has 136 valence electrons. The Kier molecular flexibility index (Phi) is 6.70. The van der Waals surface area contributed by atoms with Crippen molar-refractivity contribution in [2.45, 2.75) is 58.1 Å². The summed E-state index contributed by atoms with van der Waals surface area (Å²) in [5.41, 5.74) is -0.715. The van der Waals surface area contributed by atoms with E-state index in [9.17, 15) is 13.2 Å². The van der Waals surface area contributed by atoms with Crippen LogP contribution < -0.4 is 4.74 Å². The van der Waals surface area contributed by atoms with Gasteiger partial charge in [-0.05, 0) is 43.3 Å². The predicted molar refractivity (Wildman–Crippen MR) is 93.8 cm³/mol. The lowest BCUT2D eigenvalue weighted by molar-refractivity contribution is -0.137. The molecule has 24 heavy (non-hydrogen) atoms. The van der Waals surface area contributed by atoms with Crippen LogP contribution in [0.1, 0.15) is 33.3 Å². The molecule has 0 aliphatic heterocycles. The fourth-order valence-electron chi connectivity index (χ4n) is 1.84. The average Bonchev–Trinajstić information content (AvgIpc) is 2.43. The predicted octanol–water partition coefficient (Wildman–Crippen LogP) is 6.05. The highest BCUT2D eigenvalue weighted by molar-refractivity contribution is 6.74. The van der Waals surface area contributed by atoms with Crippen LogP contribution in [0, 0.1) is 0 Å². The highest BCUT2D eigenvalue weighted by Gasteiger charge is 2.39. The molecule has 0 aromatic heterocycles. The van der Waals surface area contributed by atoms with Gasteiger partial charge in [-0.15, -0.1) is 0 Å². The number of halogens is 3. The number of rotatable bonds is 6. The molecular formula is C18H27F3O2Si. The van der Waals surface area contributed by atoms with Crippen molar-refractivity contribution in [2.75, 3.05) is 6.61 Å². The van der Waals surface area contributed by atoms with Gasteiger partial charge < -0.3 is 9.16 Å². The normalized spacial score (nSPS) is 14.9. The summed E-state index contributed by atoms with van der Waals surface area (Å²) in [4.78, 5) is 0. The van der Waals surface area contributed by atoms with Gasteiger partial charge in [-0.25, -0.2) is 0 Å². The van der Waals surface area contributed by atoms with Crippen molar-refractivity contribution >= 4 is 8.32 Å². The Morgan fingerprint density at radius 2 is 1.79 bits per heavy atom. The first-order chi connectivity index (χ1) is 10.9. The van der Waals surface area contributed by atoms with Crippen molar-refractivity contribution in [1.82, 2.24) is 0 Å². The second-order valence-electron chi connectivity index (χ2n) is 7.28. The van der Waals surface area contributed by atoms with E-state index in [2.05, 4.69) is 33.9 Å². The molecular weight excluding hydrogens is 333 g/mol. The topological polar surface area (TPSA) is 18.5 Å². The zero-order valence-electron chi connectivity index (χ0n) is 15.2. The summed E-state index contributed by atoms with van der Waals surface area (Å²) < 4.78 is 50.1. The van der Waals surface area contributed by atoms with Gasteiger partial charge in [0.05, 0.1) is 11.7 Å². The summed E-state index contributed by atoms with van der Waals surface area (Å²) in [5.74, 6) is 0.193. The molecule has 0 aliphatic rings. The van der Waals surface area contributed by atoms with E-state index in [1.54, 1.807) is 0 Å². The highest BCUT2D eigenvalue weighted by atomic mass is 28.4. The van der Waals surface area contributed by atoms with Gasteiger partial charge in [0.15, 0.2) is 8.32 Å². The van der Waals surface area contributed by atoms with Crippen LogP contribution in [0.5, 0.6) is 5.75 Å². The van der Waals surface area contributed by atoms with Crippen LogP contribution in [0.2, 0.25) is 18.1 Å². The molecule has 0 amide bonds. The number of hydrogen-bond acceptors (Lipinski definition) is 2. The van der Waals surface area contributed by atoms with Crippen molar-refractivity contribution < 1.29 is 22.3 Å². The fourth-order valence-corrected chi connectivity index (χ4v) is 3.10. The van der Waals surface area contributed by atoms with Gasteiger partial charge in [-0.2, -0.15) is 13.2 Å². The first-order valence-electron chi connectivity index (χ1n) is 7.97. The van der Waals surface area contributed by atoms with Crippen molar-refractivity contribution in [1.29, 1.82) is 0 Å². The fraction of sp³-hybridized carbons (Fsp3) is 0.556. The molecule has 0 heterocycles. The first-order valence-corrected chi connectivity index (χ1v) is 10.9. The molecule has 0 radical (unpaired) electrons. The largest absolute Gasteiger partial charge is 0.491 e. The molecule has 0 bridgehead atoms. The summed E-state index contributed by atoms with van der Waals surface area (Å²) >= 11 is 0. The second kappa shape index (κ2) is 7.74. The van der Waals surface area contributed by atoms with Gasteiger partial charge in [-0.3, -0.25) is 0 Å². The maximum Gasteiger partial charge on any atom is 0.416 e. The van der Waals surface area contributed by atoms with Crippen LogP contribution in [0.3, 0.4) is 0 Å². The summed E-state index contributed by atoms with van der Waals surface area (Å²) in [6, 6.07) is 4.91. The summed E-state index contributed by atoms with van der Waals surface area (Å²) in [6.07, 6.45) is -0.911. The van der Waals surface area contributed by atoms with Crippen molar-refractivity contribution in [3.8, 4) is 5.75 Å². The van der Waals surface area contributed by atoms with Crippen LogP contribution in [0.4, 0.5) is 13.2 Å². The van der Waals surface area contributed by atoms with E-state index in [0.717, 1.165) is 12.1 Å². The molecule has 0 fully saturated rings. The second-order valence-corrected chi connectivity index (χ2v) is 12.0. The Morgan fingerprint density at radius 3 is 2.29 bits per heavy atom. The Bertz CT molecular complexity index is 560. The van der Waals surface area contributed by atoms with E-state index >= 15 is 0 Å². The summed E-state index contributed by atoms with van der Waals surface area (Å²) in [5, 5.41) is 0.0447. The van der Waals surface area contributed by atoms with E-state index in [4.69, 9.17) is 9.16 Å². The maximum atomic E-state index is 12.8. The molecule has 2 nitrogen and oxygen atoms in total. The van der Waals surface area contributed by atoms with Crippen molar-refractivity contribution in [3.05, 3.63) is 42.0 Å². The Balaban J connectivity index is 2.81. The molecule has 0 N–H and O–H groups in total. The quantitative estimate of drug-likeness (QED) is 0.454. The highest BCUT2D eigenvalue weighted by Crippen LogP contribution is 2.37. The van der Waals surface area contributed by atoms with Crippen molar-refractivity contribution in [3.63, 3.8) is 0 Å². The lowest BCUT2D eigenvalue weighted by Gasteiger charge is -2.38. The van der Waals surface area contributed by atoms with E-state index < -0.39 is 20.1 Å². The molecule has 1 aromatic rings. The Labute approximate surface area is 143 Å². The van der Waals surface area contributed by atoms with Gasteiger partial charge >= 0.3 is 6.18 Å². The number of ether oxygens (including phenoxy) is 1. The van der Waals surface area contributed by atoms with Crippen LogP contribution in [0.15, 0.2) is 36.4 Å². The third-order valence-electron chi connectivity index (χ3n) is 4.23. The maximum absolute atomic E-state index is 12.8. The Hall–Kier alpha value is -1.27. The monoisotopic (exact) mass is 360 g/mol. The minimum Gasteiger partial charge on any atom is -0.491 e. The molecule has 1 rings (SSSR count). The van der Waals surface area contributed by atoms with E-state index in [-0.39, 0.29) is 23.5 Å². The molecule has 0 aliphatic carbocycles. The first kappa shape index (κ1) is 20.8. The Morgan fingerprint density at radius 1 is 1.17 bits per heavy atom. The van der Waals surface area contributed by atoms with Gasteiger partial charge in [-0.1, -0.05) is 39.0 Å². The van der Waals surface area contributed by atoms with Gasteiger partial charge in [0.2, 0.25) is 0 Å². The van der Waals surface area contributed by atoms with Gasteiger partial charge in [0, 0.05) is 0 Å². The van der Waals surface area contributed by atoms with E-state index in [1.165, 1.54) is 12.1 Å². The SMILES string of the molecule is C/C=C/[C@H](COc1cccc(C(F)(F)F)c1)O[Si](C)(C)C(C)(C)C. The summed E-state index contributed by atoms with van der Waals surface area (Å²) in [6.45, 7) is 12.7. The third-order valence-corrected chi connectivity index (χ3v) is 8.74. The summed E-state index contributed by atoms with van der Waals surface area (Å²) in [7, 11) is -2.00. The zero-order valence-corrected chi connectivity index (χ0v) is 16.2. The lowest BCUT2D eigenvalue weighted by Crippen LogP contribution is -2.44. The average molecular weight is 360 g/mol. The minimum absolute atomic E-state index is 0.0447. The molecule has 0 unspecified atom stereocenters. The molecule has 0 saturated carbocycles. The lowest BCUT2D eigenvalue weighted by atomic mass is 10.2. The van der Waals surface area contributed by atoms with Gasteiger partial charge in [0.25, 0.3) is 0 Å². The van der Waals surface area contributed by atoms with E-state index in [1.807, 2.05) is 19.1 Å². The van der Waals surface area contributed by atoms with Crippen LogP contribution in [-0.2, 0) is 10.6 Å². The zero-order chi connectivity index (χ0) is 18.6.